The fourth-order valence-corrected chi connectivity index (χ4v) is 1.66. The summed E-state index contributed by atoms with van der Waals surface area (Å²) in [5.41, 5.74) is 8.57. The molecule has 0 fully saturated rings. The zero-order chi connectivity index (χ0) is 10.6. The Hall–Kier alpha value is 0.170. The van der Waals surface area contributed by atoms with Gasteiger partial charge in [-0.05, 0) is 22.8 Å². The maximum atomic E-state index is 6.09. The van der Waals surface area contributed by atoms with Crippen LogP contribution in [0.25, 0.3) is 0 Å². The van der Waals surface area contributed by atoms with Crippen molar-refractivity contribution in [2.24, 2.45) is 17.6 Å². The molecule has 0 saturated heterocycles. The number of nitrogens with two attached hydrogens (primary N) is 1. The molecule has 1 unspecified atom stereocenters. The van der Waals surface area contributed by atoms with Crippen LogP contribution in [0.2, 0.25) is 0 Å². The second kappa shape index (κ2) is 5.81. The lowest BCUT2D eigenvalue weighted by atomic mass is 9.86. The molecule has 0 aliphatic rings. The molecule has 0 amide bonds. The molecule has 13 heavy (non-hydrogen) atoms. The Kier molecular flexibility index (Phi) is 5.88. The van der Waals surface area contributed by atoms with Crippen LogP contribution in [0, 0.1) is 11.8 Å². The summed E-state index contributed by atoms with van der Waals surface area (Å²) < 4.78 is 2.09. The topological polar surface area (TPSA) is 26.0 Å². The van der Waals surface area contributed by atoms with Gasteiger partial charge in [-0.2, -0.15) is 0 Å². The Morgan fingerprint density at radius 2 is 1.85 bits per heavy atom. The van der Waals surface area contributed by atoms with E-state index in [4.69, 9.17) is 5.73 Å². The zero-order valence-electron chi connectivity index (χ0n) is 8.97. The average molecular weight is 293 g/mol. The van der Waals surface area contributed by atoms with E-state index >= 15 is 0 Å². The average Bonchev–Trinajstić information content (AvgIpc) is 2.12. The lowest BCUT2D eigenvalue weighted by Gasteiger charge is -2.24. The molecule has 0 aromatic carbocycles. The molecule has 0 radical (unpaired) electrons. The second-order valence-electron chi connectivity index (χ2n) is 3.90. The maximum absolute atomic E-state index is 6.09. The van der Waals surface area contributed by atoms with Crippen molar-refractivity contribution in [3.05, 3.63) is 21.8 Å². The van der Waals surface area contributed by atoms with Crippen molar-refractivity contribution in [3.8, 4) is 0 Å². The van der Waals surface area contributed by atoms with Gasteiger partial charge in [0.1, 0.15) is 0 Å². The minimum absolute atomic E-state index is 0.0889. The highest BCUT2D eigenvalue weighted by atomic mass is 127. The minimum atomic E-state index is 0.0889. The molecule has 0 spiro atoms. The zero-order valence-corrected chi connectivity index (χ0v) is 11.1. The highest BCUT2D eigenvalue weighted by molar-refractivity contribution is 14.1. The van der Waals surface area contributed by atoms with E-state index in [1.165, 1.54) is 5.57 Å². The van der Waals surface area contributed by atoms with Gasteiger partial charge in [-0.1, -0.05) is 61.1 Å². The highest BCUT2D eigenvalue weighted by Crippen LogP contribution is 2.22. The van der Waals surface area contributed by atoms with Gasteiger partial charge in [-0.15, -0.1) is 0 Å². The molecule has 0 aromatic heterocycles. The van der Waals surface area contributed by atoms with E-state index in [-0.39, 0.29) is 6.04 Å². The van der Waals surface area contributed by atoms with Crippen LogP contribution in [-0.4, -0.2) is 6.04 Å². The highest BCUT2D eigenvalue weighted by Gasteiger charge is 2.18. The molecule has 1 nitrogen and oxygen atoms in total. The van der Waals surface area contributed by atoms with Crippen molar-refractivity contribution in [2.45, 2.75) is 33.7 Å². The molecule has 76 valence electrons. The molecule has 0 aliphatic heterocycles. The summed E-state index contributed by atoms with van der Waals surface area (Å²) in [7, 11) is 0. The molecule has 0 aromatic rings. The fraction of sp³-hybridized carbons (Fsp3) is 0.636. The van der Waals surface area contributed by atoms with E-state index < -0.39 is 0 Å². The molecule has 2 atom stereocenters. The van der Waals surface area contributed by atoms with Crippen molar-refractivity contribution in [3.63, 3.8) is 0 Å². The molecule has 0 bridgehead atoms. The molecule has 0 aliphatic carbocycles. The van der Waals surface area contributed by atoms with Crippen molar-refractivity contribution in [1.29, 1.82) is 0 Å². The first-order chi connectivity index (χ1) is 5.91. The normalized spacial score (nSPS) is 17.3. The van der Waals surface area contributed by atoms with E-state index in [0.29, 0.717) is 11.8 Å². The molecule has 2 heteroatoms. The maximum Gasteiger partial charge on any atom is 0.0317 e. The van der Waals surface area contributed by atoms with Crippen LogP contribution in [0.5, 0.6) is 0 Å². The third-order valence-electron chi connectivity index (χ3n) is 2.60. The van der Waals surface area contributed by atoms with E-state index in [1.807, 2.05) is 0 Å². The van der Waals surface area contributed by atoms with Gasteiger partial charge in [0.2, 0.25) is 0 Å². The SMILES string of the molecule is C=C(C(C)C)[C@@H](N)C(C)/C(C)=C/I. The van der Waals surface area contributed by atoms with Crippen molar-refractivity contribution in [2.75, 3.05) is 0 Å². The van der Waals surface area contributed by atoms with Crippen LogP contribution in [0.3, 0.4) is 0 Å². The van der Waals surface area contributed by atoms with Crippen LogP contribution >= 0.6 is 22.6 Å². The Labute approximate surface area is 95.6 Å². The summed E-state index contributed by atoms with van der Waals surface area (Å²) in [6, 6.07) is 0.0889. The van der Waals surface area contributed by atoms with E-state index in [9.17, 15) is 0 Å². The summed E-state index contributed by atoms with van der Waals surface area (Å²) in [4.78, 5) is 0. The van der Waals surface area contributed by atoms with Crippen molar-refractivity contribution >= 4 is 22.6 Å². The third kappa shape index (κ3) is 3.81. The van der Waals surface area contributed by atoms with Crippen LogP contribution in [-0.2, 0) is 0 Å². The van der Waals surface area contributed by atoms with Gasteiger partial charge in [0.05, 0.1) is 0 Å². The second-order valence-corrected chi connectivity index (χ2v) is 4.52. The molecule has 2 N–H and O–H groups in total. The lowest BCUT2D eigenvalue weighted by Crippen LogP contribution is -2.32. The van der Waals surface area contributed by atoms with Crippen LogP contribution in [0.4, 0.5) is 0 Å². The molecule has 0 saturated carbocycles. The smallest absolute Gasteiger partial charge is 0.0317 e. The van der Waals surface area contributed by atoms with Gasteiger partial charge in [0.15, 0.2) is 0 Å². The summed E-state index contributed by atoms with van der Waals surface area (Å²) in [6.45, 7) is 12.6. The number of hydrogen-bond acceptors (Lipinski definition) is 1. The van der Waals surface area contributed by atoms with Gasteiger partial charge in [0, 0.05) is 6.04 Å². The quantitative estimate of drug-likeness (QED) is 0.623. The van der Waals surface area contributed by atoms with Gasteiger partial charge in [-0.25, -0.2) is 0 Å². The molecular formula is C11H20IN. The molecule has 0 heterocycles. The molecular weight excluding hydrogens is 273 g/mol. The van der Waals surface area contributed by atoms with Crippen molar-refractivity contribution in [1.82, 2.24) is 0 Å². The Morgan fingerprint density at radius 1 is 1.38 bits per heavy atom. The number of halogens is 1. The summed E-state index contributed by atoms with van der Waals surface area (Å²) in [6.07, 6.45) is 0. The van der Waals surface area contributed by atoms with Crippen LogP contribution in [0.1, 0.15) is 27.7 Å². The Bertz CT molecular complexity index is 206. The third-order valence-corrected chi connectivity index (χ3v) is 3.58. The van der Waals surface area contributed by atoms with Crippen LogP contribution in [0.15, 0.2) is 21.8 Å². The summed E-state index contributed by atoms with van der Waals surface area (Å²) >= 11 is 2.26. The summed E-state index contributed by atoms with van der Waals surface area (Å²) in [5, 5.41) is 0. The Balaban J connectivity index is 4.43. The number of rotatable bonds is 4. The first kappa shape index (κ1) is 13.2. The fourth-order valence-electron chi connectivity index (χ4n) is 1.09. The van der Waals surface area contributed by atoms with Crippen molar-refractivity contribution < 1.29 is 0 Å². The van der Waals surface area contributed by atoms with E-state index in [0.717, 1.165) is 5.57 Å². The van der Waals surface area contributed by atoms with E-state index in [1.54, 1.807) is 0 Å². The minimum Gasteiger partial charge on any atom is -0.324 e. The lowest BCUT2D eigenvalue weighted by molar-refractivity contribution is 0.529. The standard InChI is InChI=1S/C11H20IN/c1-7(2)9(4)11(13)10(5)8(3)6-12/h6-7,10-11H,4,13H2,1-3,5H3/b8-6+/t10?,11-/m1/s1. The van der Waals surface area contributed by atoms with Gasteiger partial charge in [-0.3, -0.25) is 0 Å². The summed E-state index contributed by atoms with van der Waals surface area (Å²) in [5.74, 6) is 0.867. The first-order valence-electron chi connectivity index (χ1n) is 4.63. The predicted molar refractivity (Wildman–Crippen MR) is 68.9 cm³/mol. The Morgan fingerprint density at radius 3 is 2.15 bits per heavy atom. The van der Waals surface area contributed by atoms with E-state index in [2.05, 4.69) is 60.9 Å². The number of hydrogen-bond donors (Lipinski definition) is 1. The van der Waals surface area contributed by atoms with Gasteiger partial charge < -0.3 is 5.73 Å². The monoisotopic (exact) mass is 293 g/mol. The predicted octanol–water partition coefficient (Wildman–Crippen LogP) is 3.50. The van der Waals surface area contributed by atoms with Crippen LogP contribution < -0.4 is 5.73 Å². The molecule has 0 rings (SSSR count). The van der Waals surface area contributed by atoms with Gasteiger partial charge in [0.25, 0.3) is 0 Å². The largest absolute Gasteiger partial charge is 0.324 e. The van der Waals surface area contributed by atoms with Gasteiger partial charge >= 0.3 is 0 Å². The first-order valence-corrected chi connectivity index (χ1v) is 5.87.